The molecule has 1 aromatic rings. The van der Waals surface area contributed by atoms with Gasteiger partial charge in [0.15, 0.2) is 0 Å². The smallest absolute Gasteiger partial charge is 0.414 e. The van der Waals surface area contributed by atoms with Gasteiger partial charge in [-0.2, -0.15) is 5.26 Å². The predicted octanol–water partition coefficient (Wildman–Crippen LogP) is 3.98. The third-order valence-electron chi connectivity index (χ3n) is 3.70. The molecule has 0 aliphatic carbocycles. The molecule has 0 fully saturated rings. The minimum atomic E-state index is -0.598. The molecule has 0 saturated carbocycles. The molecule has 1 unspecified atom stereocenters. The standard InChI is InChI=1S/C17H21BrN2O3/c1-16(2,3)23-15(21)20-9-17(4,10-22-5)13-7-12(18)6-11(8-19)14(13)20/h6-7H,9-10H2,1-5H3. The molecule has 0 spiro atoms. The van der Waals surface area contributed by atoms with Gasteiger partial charge in [-0.25, -0.2) is 4.79 Å². The van der Waals surface area contributed by atoms with E-state index in [1.165, 1.54) is 0 Å². The van der Waals surface area contributed by atoms with Gasteiger partial charge < -0.3 is 9.47 Å². The summed E-state index contributed by atoms with van der Waals surface area (Å²) in [6, 6.07) is 5.84. The van der Waals surface area contributed by atoms with Crippen LogP contribution in [-0.4, -0.2) is 32.0 Å². The molecule has 0 N–H and O–H groups in total. The van der Waals surface area contributed by atoms with Crippen LogP contribution in [0.2, 0.25) is 0 Å². The molecule has 23 heavy (non-hydrogen) atoms. The van der Waals surface area contributed by atoms with Crippen LogP contribution in [0.5, 0.6) is 0 Å². The topological polar surface area (TPSA) is 62.6 Å². The molecule has 0 bridgehead atoms. The minimum Gasteiger partial charge on any atom is -0.443 e. The van der Waals surface area contributed by atoms with Gasteiger partial charge in [-0.05, 0) is 38.5 Å². The van der Waals surface area contributed by atoms with Crippen molar-refractivity contribution in [3.63, 3.8) is 0 Å². The predicted molar refractivity (Wildman–Crippen MR) is 91.7 cm³/mol. The zero-order chi connectivity index (χ0) is 17.4. The average Bonchev–Trinajstić information content (AvgIpc) is 2.70. The fourth-order valence-electron chi connectivity index (χ4n) is 2.86. The van der Waals surface area contributed by atoms with E-state index in [4.69, 9.17) is 9.47 Å². The van der Waals surface area contributed by atoms with Crippen molar-refractivity contribution in [3.8, 4) is 6.07 Å². The zero-order valence-corrected chi connectivity index (χ0v) is 15.7. The molecule has 1 amide bonds. The summed E-state index contributed by atoms with van der Waals surface area (Å²) in [6.07, 6.45) is -0.447. The number of amides is 1. The lowest BCUT2D eigenvalue weighted by Crippen LogP contribution is -2.40. The van der Waals surface area contributed by atoms with Crippen molar-refractivity contribution in [3.05, 3.63) is 27.7 Å². The second-order valence-electron chi connectivity index (χ2n) is 7.02. The van der Waals surface area contributed by atoms with Gasteiger partial charge in [0, 0.05) is 23.5 Å². The molecular formula is C17H21BrN2O3. The molecule has 1 aliphatic rings. The highest BCUT2D eigenvalue weighted by molar-refractivity contribution is 9.10. The van der Waals surface area contributed by atoms with E-state index >= 15 is 0 Å². The first-order valence-corrected chi connectivity index (χ1v) is 8.14. The number of rotatable bonds is 2. The first kappa shape index (κ1) is 17.8. The van der Waals surface area contributed by atoms with Crippen LogP contribution in [0, 0.1) is 11.3 Å². The van der Waals surface area contributed by atoms with Gasteiger partial charge in [0.25, 0.3) is 0 Å². The van der Waals surface area contributed by atoms with E-state index in [1.54, 1.807) is 18.1 Å². The first-order valence-electron chi connectivity index (χ1n) is 7.35. The van der Waals surface area contributed by atoms with E-state index in [-0.39, 0.29) is 0 Å². The van der Waals surface area contributed by atoms with Crippen molar-refractivity contribution < 1.29 is 14.3 Å². The largest absolute Gasteiger partial charge is 0.443 e. The fraction of sp³-hybridized carbons (Fsp3) is 0.529. The van der Waals surface area contributed by atoms with Gasteiger partial charge in [-0.3, -0.25) is 4.90 Å². The normalized spacial score (nSPS) is 20.1. The van der Waals surface area contributed by atoms with Gasteiger partial charge in [0.1, 0.15) is 11.7 Å². The van der Waals surface area contributed by atoms with Crippen LogP contribution in [0.4, 0.5) is 10.5 Å². The molecule has 0 saturated heterocycles. The number of methoxy groups -OCH3 is 1. The summed E-state index contributed by atoms with van der Waals surface area (Å²) < 4.78 is 11.7. The Balaban J connectivity index is 2.55. The fourth-order valence-corrected chi connectivity index (χ4v) is 3.32. The Morgan fingerprint density at radius 1 is 1.48 bits per heavy atom. The number of nitrogens with zero attached hydrogens (tertiary/aromatic N) is 2. The van der Waals surface area contributed by atoms with E-state index in [0.717, 1.165) is 10.0 Å². The maximum Gasteiger partial charge on any atom is 0.414 e. The quantitative estimate of drug-likeness (QED) is 0.778. The lowest BCUT2D eigenvalue weighted by atomic mass is 9.85. The van der Waals surface area contributed by atoms with Crippen LogP contribution in [0.15, 0.2) is 16.6 Å². The highest BCUT2D eigenvalue weighted by atomic mass is 79.9. The van der Waals surface area contributed by atoms with Gasteiger partial charge in [0.2, 0.25) is 0 Å². The molecule has 1 heterocycles. The number of anilines is 1. The van der Waals surface area contributed by atoms with Crippen molar-refractivity contribution in [2.75, 3.05) is 25.2 Å². The highest BCUT2D eigenvalue weighted by Crippen LogP contribution is 2.45. The Labute approximate surface area is 145 Å². The number of carbonyl (C=O) groups is 1. The molecule has 1 aromatic carbocycles. The van der Waals surface area contributed by atoms with Crippen molar-refractivity contribution >= 4 is 27.7 Å². The van der Waals surface area contributed by atoms with Crippen LogP contribution in [0.1, 0.15) is 38.8 Å². The summed E-state index contributed by atoms with van der Waals surface area (Å²) in [5, 5.41) is 9.48. The van der Waals surface area contributed by atoms with E-state index in [9.17, 15) is 10.1 Å². The van der Waals surface area contributed by atoms with E-state index in [0.29, 0.717) is 24.4 Å². The second-order valence-corrected chi connectivity index (χ2v) is 7.94. The average molecular weight is 381 g/mol. The molecule has 5 nitrogen and oxygen atoms in total. The summed E-state index contributed by atoms with van der Waals surface area (Å²) in [4.78, 5) is 14.2. The monoisotopic (exact) mass is 380 g/mol. The third kappa shape index (κ3) is 3.51. The summed E-state index contributed by atoms with van der Waals surface area (Å²) in [6.45, 7) is 8.35. The Bertz CT molecular complexity index is 676. The van der Waals surface area contributed by atoms with Crippen molar-refractivity contribution in [1.29, 1.82) is 5.26 Å². The van der Waals surface area contributed by atoms with Gasteiger partial charge in [-0.1, -0.05) is 22.9 Å². The Morgan fingerprint density at radius 3 is 2.65 bits per heavy atom. The van der Waals surface area contributed by atoms with E-state index < -0.39 is 17.1 Å². The molecular weight excluding hydrogens is 360 g/mol. The second kappa shape index (κ2) is 6.14. The number of fused-ring (bicyclic) bond motifs is 1. The molecule has 1 aliphatic heterocycles. The zero-order valence-electron chi connectivity index (χ0n) is 14.1. The van der Waals surface area contributed by atoms with Crippen LogP contribution in [0.25, 0.3) is 0 Å². The summed E-state index contributed by atoms with van der Waals surface area (Å²) >= 11 is 3.44. The number of ether oxygens (including phenoxy) is 2. The van der Waals surface area contributed by atoms with Crippen LogP contribution in [0.3, 0.4) is 0 Å². The first-order chi connectivity index (χ1) is 10.6. The minimum absolute atomic E-state index is 0.392. The van der Waals surface area contributed by atoms with Gasteiger partial charge in [0.05, 0.1) is 17.9 Å². The lowest BCUT2D eigenvalue weighted by molar-refractivity contribution is 0.0571. The molecule has 6 heteroatoms. The van der Waals surface area contributed by atoms with Crippen LogP contribution in [-0.2, 0) is 14.9 Å². The summed E-state index contributed by atoms with van der Waals surface area (Å²) in [5.74, 6) is 0. The van der Waals surface area contributed by atoms with Crippen LogP contribution >= 0.6 is 15.9 Å². The molecule has 0 aromatic heterocycles. The number of benzene rings is 1. The summed E-state index contributed by atoms with van der Waals surface area (Å²) in [5.41, 5.74) is 0.983. The highest BCUT2D eigenvalue weighted by Gasteiger charge is 2.44. The number of carbonyl (C=O) groups excluding carboxylic acids is 1. The van der Waals surface area contributed by atoms with Gasteiger partial charge in [-0.15, -0.1) is 0 Å². The van der Waals surface area contributed by atoms with Crippen molar-refractivity contribution in [2.24, 2.45) is 0 Å². The molecule has 2 rings (SSSR count). The number of nitriles is 1. The number of hydrogen-bond acceptors (Lipinski definition) is 4. The number of halogens is 1. The Morgan fingerprint density at radius 2 is 2.13 bits per heavy atom. The van der Waals surface area contributed by atoms with Gasteiger partial charge >= 0.3 is 6.09 Å². The molecule has 1 atom stereocenters. The Kier molecular flexibility index (Phi) is 4.74. The molecule has 124 valence electrons. The van der Waals surface area contributed by atoms with Crippen molar-refractivity contribution in [2.45, 2.75) is 38.7 Å². The van der Waals surface area contributed by atoms with Crippen molar-refractivity contribution in [1.82, 2.24) is 0 Å². The SMILES string of the molecule is COCC1(C)CN(C(=O)OC(C)(C)C)c2c(C#N)cc(Br)cc21. The Hall–Kier alpha value is -1.58. The molecule has 0 radical (unpaired) electrons. The lowest BCUT2D eigenvalue weighted by Gasteiger charge is -2.27. The van der Waals surface area contributed by atoms with E-state index in [2.05, 4.69) is 22.0 Å². The van der Waals surface area contributed by atoms with E-state index in [1.807, 2.05) is 33.8 Å². The third-order valence-corrected chi connectivity index (χ3v) is 4.16. The van der Waals surface area contributed by atoms with Crippen LogP contribution < -0.4 is 4.90 Å². The maximum atomic E-state index is 12.6. The summed E-state index contributed by atoms with van der Waals surface area (Å²) in [7, 11) is 1.63. The maximum absolute atomic E-state index is 12.6. The number of hydrogen-bond donors (Lipinski definition) is 0.